The quantitative estimate of drug-likeness (QED) is 0.486. The summed E-state index contributed by atoms with van der Waals surface area (Å²) in [5, 5.41) is 5.19. The number of carbonyl (C=O) groups is 1. The molecule has 0 aliphatic heterocycles. The SMILES string of the molecule is CN(C)Cc1nc(CN(C)C)n(-c2ccc(Cl)cc2C(=O)c2ccccc2)n1.Cl.Cl. The van der Waals surface area contributed by atoms with Crippen LogP contribution >= 0.6 is 36.4 Å². The Balaban J connectivity index is 0.00000225. The molecule has 0 atom stereocenters. The third-order valence-electron chi connectivity index (χ3n) is 4.10. The second kappa shape index (κ2) is 11.4. The van der Waals surface area contributed by atoms with Gasteiger partial charge in [0.05, 0.1) is 18.8 Å². The van der Waals surface area contributed by atoms with Crippen LogP contribution < -0.4 is 0 Å². The third kappa shape index (κ3) is 6.27. The predicted molar refractivity (Wildman–Crippen MR) is 126 cm³/mol. The minimum Gasteiger partial charge on any atom is -0.302 e. The zero-order valence-electron chi connectivity index (χ0n) is 17.4. The van der Waals surface area contributed by atoms with Gasteiger partial charge in [0.2, 0.25) is 0 Å². The second-order valence-electron chi connectivity index (χ2n) is 7.19. The van der Waals surface area contributed by atoms with E-state index in [9.17, 15) is 4.79 Å². The molecule has 0 aliphatic rings. The summed E-state index contributed by atoms with van der Waals surface area (Å²) >= 11 is 6.22. The normalized spacial score (nSPS) is 10.6. The van der Waals surface area contributed by atoms with Crippen molar-refractivity contribution < 1.29 is 4.79 Å². The molecule has 30 heavy (non-hydrogen) atoms. The summed E-state index contributed by atoms with van der Waals surface area (Å²) in [7, 11) is 7.89. The van der Waals surface area contributed by atoms with Gasteiger partial charge in [-0.3, -0.25) is 4.79 Å². The lowest BCUT2D eigenvalue weighted by Crippen LogP contribution is -2.17. The van der Waals surface area contributed by atoms with Gasteiger partial charge in [-0.1, -0.05) is 41.9 Å². The Labute approximate surface area is 194 Å². The molecular weight excluding hydrogens is 445 g/mol. The van der Waals surface area contributed by atoms with Gasteiger partial charge in [0, 0.05) is 16.1 Å². The monoisotopic (exact) mass is 469 g/mol. The van der Waals surface area contributed by atoms with E-state index in [1.807, 2.05) is 62.3 Å². The molecule has 0 radical (unpaired) electrons. The molecule has 0 saturated heterocycles. The summed E-state index contributed by atoms with van der Waals surface area (Å²) in [6, 6.07) is 14.5. The Morgan fingerprint density at radius 1 is 0.967 bits per heavy atom. The van der Waals surface area contributed by atoms with E-state index in [1.54, 1.807) is 28.9 Å². The highest BCUT2D eigenvalue weighted by Gasteiger charge is 2.20. The first-order valence-corrected chi connectivity index (χ1v) is 9.37. The van der Waals surface area contributed by atoms with Gasteiger partial charge in [-0.15, -0.1) is 29.9 Å². The van der Waals surface area contributed by atoms with Gasteiger partial charge in [0.1, 0.15) is 5.82 Å². The van der Waals surface area contributed by atoms with Crippen LogP contribution in [-0.2, 0) is 13.1 Å². The maximum Gasteiger partial charge on any atom is 0.195 e. The molecule has 3 aromatic rings. The van der Waals surface area contributed by atoms with Crippen LogP contribution in [0.2, 0.25) is 5.02 Å². The fraction of sp³-hybridized carbons (Fsp3) is 0.286. The molecular formula is C21H26Cl3N5O. The van der Waals surface area contributed by atoms with E-state index in [1.165, 1.54) is 0 Å². The van der Waals surface area contributed by atoms with Crippen LogP contribution in [-0.4, -0.2) is 58.5 Å². The van der Waals surface area contributed by atoms with Crippen molar-refractivity contribution in [3.05, 3.63) is 76.3 Å². The smallest absolute Gasteiger partial charge is 0.195 e. The van der Waals surface area contributed by atoms with Gasteiger partial charge in [-0.05, 0) is 46.4 Å². The highest BCUT2D eigenvalue weighted by atomic mass is 35.5. The van der Waals surface area contributed by atoms with E-state index in [-0.39, 0.29) is 30.6 Å². The van der Waals surface area contributed by atoms with Crippen LogP contribution in [0.25, 0.3) is 5.69 Å². The van der Waals surface area contributed by atoms with E-state index >= 15 is 0 Å². The second-order valence-corrected chi connectivity index (χ2v) is 7.62. The zero-order chi connectivity index (χ0) is 20.3. The van der Waals surface area contributed by atoms with Crippen LogP contribution in [0.15, 0.2) is 48.5 Å². The molecule has 0 bridgehead atoms. The summed E-state index contributed by atoms with van der Waals surface area (Å²) in [4.78, 5) is 21.9. The molecule has 1 heterocycles. The Bertz CT molecular complexity index is 974. The first kappa shape index (κ1) is 26.1. The Hall–Kier alpha value is -1.96. The zero-order valence-corrected chi connectivity index (χ0v) is 19.8. The van der Waals surface area contributed by atoms with Crippen molar-refractivity contribution in [2.24, 2.45) is 0 Å². The number of nitrogens with zero attached hydrogens (tertiary/aromatic N) is 5. The van der Waals surface area contributed by atoms with Crippen molar-refractivity contribution in [2.45, 2.75) is 13.1 Å². The molecule has 9 heteroatoms. The average Bonchev–Trinajstić information content (AvgIpc) is 3.02. The summed E-state index contributed by atoms with van der Waals surface area (Å²) < 4.78 is 1.76. The van der Waals surface area contributed by atoms with E-state index in [0.717, 1.165) is 5.82 Å². The van der Waals surface area contributed by atoms with Crippen molar-refractivity contribution in [1.29, 1.82) is 0 Å². The van der Waals surface area contributed by atoms with Gasteiger partial charge < -0.3 is 9.80 Å². The van der Waals surface area contributed by atoms with Gasteiger partial charge in [-0.2, -0.15) is 0 Å². The molecule has 0 amide bonds. The number of carbonyl (C=O) groups excluding carboxylic acids is 1. The standard InChI is InChI=1S/C21H24ClN5O.2ClH/c1-25(2)13-19-23-20(14-26(3)4)27(24-19)18-11-10-16(22)12-17(18)21(28)15-8-6-5-7-9-15;;/h5-12H,13-14H2,1-4H3;2*1H. The first-order valence-electron chi connectivity index (χ1n) is 8.99. The van der Waals surface area contributed by atoms with Gasteiger partial charge in [0.25, 0.3) is 0 Å². The number of aromatic nitrogens is 3. The van der Waals surface area contributed by atoms with E-state index in [0.29, 0.717) is 40.8 Å². The number of hydrogen-bond donors (Lipinski definition) is 0. The maximum atomic E-state index is 13.2. The molecule has 0 N–H and O–H groups in total. The van der Waals surface area contributed by atoms with Crippen molar-refractivity contribution in [1.82, 2.24) is 24.6 Å². The number of halogens is 3. The predicted octanol–water partition coefficient (Wildman–Crippen LogP) is 4.12. The largest absolute Gasteiger partial charge is 0.302 e. The van der Waals surface area contributed by atoms with Gasteiger partial charge in [0.15, 0.2) is 11.6 Å². The lowest BCUT2D eigenvalue weighted by atomic mass is 10.0. The molecule has 1 aromatic heterocycles. The lowest BCUT2D eigenvalue weighted by molar-refractivity contribution is 0.103. The molecule has 3 rings (SSSR count). The summed E-state index contributed by atoms with van der Waals surface area (Å²) in [5.74, 6) is 1.37. The molecule has 0 aliphatic carbocycles. The van der Waals surface area contributed by atoms with Crippen LogP contribution in [0.5, 0.6) is 0 Å². The number of hydrogen-bond acceptors (Lipinski definition) is 5. The molecule has 0 fully saturated rings. The third-order valence-corrected chi connectivity index (χ3v) is 4.34. The van der Waals surface area contributed by atoms with Crippen LogP contribution in [0.3, 0.4) is 0 Å². The Morgan fingerprint density at radius 2 is 1.60 bits per heavy atom. The summed E-state index contributed by atoms with van der Waals surface area (Å²) in [5.41, 5.74) is 1.78. The highest BCUT2D eigenvalue weighted by Crippen LogP contribution is 2.24. The van der Waals surface area contributed by atoms with Crippen molar-refractivity contribution in [3.8, 4) is 5.69 Å². The molecule has 0 spiro atoms. The van der Waals surface area contributed by atoms with E-state index in [4.69, 9.17) is 11.6 Å². The molecule has 0 saturated carbocycles. The number of rotatable bonds is 7. The number of ketones is 1. The molecule has 6 nitrogen and oxygen atoms in total. The van der Waals surface area contributed by atoms with Crippen molar-refractivity contribution in [3.63, 3.8) is 0 Å². The highest BCUT2D eigenvalue weighted by molar-refractivity contribution is 6.31. The van der Waals surface area contributed by atoms with Crippen LogP contribution in [0, 0.1) is 0 Å². The summed E-state index contributed by atoms with van der Waals surface area (Å²) in [6.07, 6.45) is 0. The maximum absolute atomic E-state index is 13.2. The minimum absolute atomic E-state index is 0. The topological polar surface area (TPSA) is 54.3 Å². The lowest BCUT2D eigenvalue weighted by Gasteiger charge is -2.14. The number of benzene rings is 2. The van der Waals surface area contributed by atoms with Crippen LogP contribution in [0.4, 0.5) is 0 Å². The van der Waals surface area contributed by atoms with Crippen molar-refractivity contribution in [2.75, 3.05) is 28.2 Å². The molecule has 2 aromatic carbocycles. The van der Waals surface area contributed by atoms with Gasteiger partial charge >= 0.3 is 0 Å². The minimum atomic E-state index is -0.0986. The fourth-order valence-electron chi connectivity index (χ4n) is 2.94. The van der Waals surface area contributed by atoms with E-state index < -0.39 is 0 Å². The average molecular weight is 471 g/mol. The Morgan fingerprint density at radius 3 is 2.20 bits per heavy atom. The van der Waals surface area contributed by atoms with Gasteiger partial charge in [-0.25, -0.2) is 9.67 Å². The fourth-order valence-corrected chi connectivity index (χ4v) is 3.11. The summed E-state index contributed by atoms with van der Waals surface area (Å²) in [6.45, 7) is 1.21. The van der Waals surface area contributed by atoms with Crippen molar-refractivity contribution >= 4 is 42.2 Å². The van der Waals surface area contributed by atoms with Crippen LogP contribution in [0.1, 0.15) is 27.6 Å². The first-order chi connectivity index (χ1) is 13.3. The molecule has 162 valence electrons. The van der Waals surface area contributed by atoms with E-state index in [2.05, 4.69) is 10.1 Å². The Kier molecular flexibility index (Phi) is 9.94. The molecule has 0 unspecified atom stereocenters.